The first-order chi connectivity index (χ1) is 9.85. The van der Waals surface area contributed by atoms with Crippen molar-refractivity contribution in [1.82, 2.24) is 10.2 Å². The standard InChI is InChI=1S/C18H30N2/c1-3-9-17-12-7-8-14-20(17)15-13-18(19-2)16-10-5-4-6-11-16/h4-6,10-11,17-19H,3,7-9,12-15H2,1-2H3. The zero-order valence-corrected chi connectivity index (χ0v) is 13.1. The van der Waals surface area contributed by atoms with Gasteiger partial charge in [-0.25, -0.2) is 0 Å². The summed E-state index contributed by atoms with van der Waals surface area (Å²) >= 11 is 0. The minimum atomic E-state index is 0.486. The van der Waals surface area contributed by atoms with Gasteiger partial charge in [0.15, 0.2) is 0 Å². The molecule has 2 nitrogen and oxygen atoms in total. The fourth-order valence-corrected chi connectivity index (χ4v) is 3.47. The van der Waals surface area contributed by atoms with Crippen molar-refractivity contribution >= 4 is 0 Å². The van der Waals surface area contributed by atoms with E-state index in [1.807, 2.05) is 0 Å². The van der Waals surface area contributed by atoms with E-state index in [-0.39, 0.29) is 0 Å². The Labute approximate surface area is 124 Å². The molecule has 0 radical (unpaired) electrons. The molecule has 2 atom stereocenters. The van der Waals surface area contributed by atoms with Gasteiger partial charge in [0.1, 0.15) is 0 Å². The SMILES string of the molecule is CCCC1CCCCN1CCC(NC)c1ccccc1. The molecule has 1 aromatic carbocycles. The van der Waals surface area contributed by atoms with Gasteiger partial charge in [0.25, 0.3) is 0 Å². The van der Waals surface area contributed by atoms with E-state index in [1.165, 1.54) is 57.2 Å². The van der Waals surface area contributed by atoms with Gasteiger partial charge in [-0.05, 0) is 44.8 Å². The van der Waals surface area contributed by atoms with Crippen LogP contribution in [0.25, 0.3) is 0 Å². The maximum absolute atomic E-state index is 3.48. The maximum atomic E-state index is 3.48. The van der Waals surface area contributed by atoms with Gasteiger partial charge in [-0.1, -0.05) is 50.1 Å². The first-order valence-electron chi connectivity index (χ1n) is 8.31. The van der Waals surface area contributed by atoms with Crippen LogP contribution in [-0.4, -0.2) is 31.1 Å². The summed E-state index contributed by atoms with van der Waals surface area (Å²) in [5.74, 6) is 0. The summed E-state index contributed by atoms with van der Waals surface area (Å²) in [7, 11) is 2.08. The summed E-state index contributed by atoms with van der Waals surface area (Å²) in [6.07, 6.45) is 8.11. The highest BCUT2D eigenvalue weighted by atomic mass is 15.2. The first-order valence-corrected chi connectivity index (χ1v) is 8.31. The van der Waals surface area contributed by atoms with E-state index in [2.05, 4.69) is 54.5 Å². The van der Waals surface area contributed by atoms with E-state index in [0.29, 0.717) is 6.04 Å². The monoisotopic (exact) mass is 274 g/mol. The average Bonchev–Trinajstić information content (AvgIpc) is 2.51. The normalized spacial score (nSPS) is 21.8. The third-order valence-corrected chi connectivity index (χ3v) is 4.63. The Bertz CT molecular complexity index is 361. The molecule has 1 N–H and O–H groups in total. The van der Waals surface area contributed by atoms with E-state index in [0.717, 1.165) is 6.04 Å². The second-order valence-electron chi connectivity index (χ2n) is 6.01. The van der Waals surface area contributed by atoms with Gasteiger partial charge < -0.3 is 10.2 Å². The third kappa shape index (κ3) is 4.32. The number of nitrogens with zero attached hydrogens (tertiary/aromatic N) is 1. The zero-order chi connectivity index (χ0) is 14.2. The van der Waals surface area contributed by atoms with Crippen LogP contribution in [0.4, 0.5) is 0 Å². The summed E-state index contributed by atoms with van der Waals surface area (Å²) in [6, 6.07) is 12.2. The predicted molar refractivity (Wildman–Crippen MR) is 87.0 cm³/mol. The van der Waals surface area contributed by atoms with Crippen LogP contribution in [0.2, 0.25) is 0 Å². The lowest BCUT2D eigenvalue weighted by Gasteiger charge is -2.36. The third-order valence-electron chi connectivity index (χ3n) is 4.63. The predicted octanol–water partition coefficient (Wildman–Crippen LogP) is 3.99. The Morgan fingerprint density at radius 3 is 2.75 bits per heavy atom. The fourth-order valence-electron chi connectivity index (χ4n) is 3.47. The molecule has 1 heterocycles. The largest absolute Gasteiger partial charge is 0.313 e. The molecule has 20 heavy (non-hydrogen) atoms. The van der Waals surface area contributed by atoms with E-state index in [4.69, 9.17) is 0 Å². The lowest BCUT2D eigenvalue weighted by molar-refractivity contribution is 0.133. The molecule has 1 saturated heterocycles. The number of rotatable bonds is 7. The lowest BCUT2D eigenvalue weighted by Crippen LogP contribution is -2.41. The summed E-state index contributed by atoms with van der Waals surface area (Å²) < 4.78 is 0. The van der Waals surface area contributed by atoms with E-state index < -0.39 is 0 Å². The number of likely N-dealkylation sites (tertiary alicyclic amines) is 1. The summed E-state index contributed by atoms with van der Waals surface area (Å²) in [5.41, 5.74) is 1.42. The fraction of sp³-hybridized carbons (Fsp3) is 0.667. The highest BCUT2D eigenvalue weighted by molar-refractivity contribution is 5.18. The number of benzene rings is 1. The van der Waals surface area contributed by atoms with Crippen LogP contribution < -0.4 is 5.32 Å². The van der Waals surface area contributed by atoms with Crippen LogP contribution in [0, 0.1) is 0 Å². The highest BCUT2D eigenvalue weighted by Crippen LogP contribution is 2.23. The van der Waals surface area contributed by atoms with Crippen LogP contribution in [0.5, 0.6) is 0 Å². The van der Waals surface area contributed by atoms with Crippen LogP contribution in [0.15, 0.2) is 30.3 Å². The van der Waals surface area contributed by atoms with Gasteiger partial charge >= 0.3 is 0 Å². The van der Waals surface area contributed by atoms with Crippen molar-refractivity contribution in [3.8, 4) is 0 Å². The van der Waals surface area contributed by atoms with E-state index >= 15 is 0 Å². The van der Waals surface area contributed by atoms with Gasteiger partial charge in [-0.3, -0.25) is 0 Å². The van der Waals surface area contributed by atoms with Crippen LogP contribution in [-0.2, 0) is 0 Å². The number of hydrogen-bond donors (Lipinski definition) is 1. The molecule has 1 aromatic rings. The topological polar surface area (TPSA) is 15.3 Å². The molecule has 2 rings (SSSR count). The minimum absolute atomic E-state index is 0.486. The van der Waals surface area contributed by atoms with Crippen molar-refractivity contribution in [2.75, 3.05) is 20.1 Å². The van der Waals surface area contributed by atoms with Crippen LogP contribution in [0.3, 0.4) is 0 Å². The Balaban J connectivity index is 1.88. The molecule has 1 aliphatic heterocycles. The van der Waals surface area contributed by atoms with Gasteiger partial charge in [0.2, 0.25) is 0 Å². The highest BCUT2D eigenvalue weighted by Gasteiger charge is 2.22. The maximum Gasteiger partial charge on any atom is 0.0329 e. The van der Waals surface area contributed by atoms with Crippen molar-refractivity contribution in [3.63, 3.8) is 0 Å². The molecular formula is C18H30N2. The smallest absolute Gasteiger partial charge is 0.0329 e. The quantitative estimate of drug-likeness (QED) is 0.808. The molecule has 0 aromatic heterocycles. The van der Waals surface area contributed by atoms with Crippen molar-refractivity contribution in [1.29, 1.82) is 0 Å². The van der Waals surface area contributed by atoms with E-state index in [9.17, 15) is 0 Å². The summed E-state index contributed by atoms with van der Waals surface area (Å²) in [6.45, 7) is 4.84. The Morgan fingerprint density at radius 2 is 2.05 bits per heavy atom. The molecule has 0 bridgehead atoms. The molecule has 1 fully saturated rings. The Kier molecular flexibility index (Phi) is 6.55. The number of hydrogen-bond acceptors (Lipinski definition) is 2. The molecule has 2 heteroatoms. The van der Waals surface area contributed by atoms with Crippen LogP contribution in [0.1, 0.15) is 57.1 Å². The molecule has 1 aliphatic rings. The minimum Gasteiger partial charge on any atom is -0.313 e. The van der Waals surface area contributed by atoms with Crippen molar-refractivity contribution < 1.29 is 0 Å². The number of nitrogens with one attached hydrogen (secondary N) is 1. The molecule has 112 valence electrons. The molecule has 2 unspecified atom stereocenters. The average molecular weight is 274 g/mol. The molecule has 0 aliphatic carbocycles. The van der Waals surface area contributed by atoms with Gasteiger partial charge in [0, 0.05) is 18.6 Å². The summed E-state index contributed by atoms with van der Waals surface area (Å²) in [5, 5.41) is 3.48. The number of piperidine rings is 1. The van der Waals surface area contributed by atoms with Crippen molar-refractivity contribution in [3.05, 3.63) is 35.9 Å². The molecule has 0 saturated carbocycles. The first kappa shape index (κ1) is 15.5. The van der Waals surface area contributed by atoms with Crippen LogP contribution >= 0.6 is 0 Å². The Morgan fingerprint density at radius 1 is 1.25 bits per heavy atom. The van der Waals surface area contributed by atoms with Gasteiger partial charge in [-0.15, -0.1) is 0 Å². The summed E-state index contributed by atoms with van der Waals surface area (Å²) in [4.78, 5) is 2.74. The second-order valence-corrected chi connectivity index (χ2v) is 6.01. The second kappa shape index (κ2) is 8.43. The van der Waals surface area contributed by atoms with Gasteiger partial charge in [-0.2, -0.15) is 0 Å². The molecule has 0 spiro atoms. The van der Waals surface area contributed by atoms with Crippen molar-refractivity contribution in [2.24, 2.45) is 0 Å². The molecular weight excluding hydrogens is 244 g/mol. The van der Waals surface area contributed by atoms with Crippen molar-refractivity contribution in [2.45, 2.75) is 57.5 Å². The lowest BCUT2D eigenvalue weighted by atomic mass is 9.96. The zero-order valence-electron chi connectivity index (χ0n) is 13.1. The molecule has 0 amide bonds. The van der Waals surface area contributed by atoms with E-state index in [1.54, 1.807) is 0 Å². The Hall–Kier alpha value is -0.860. The van der Waals surface area contributed by atoms with Gasteiger partial charge in [0.05, 0.1) is 0 Å².